The standard InChI is InChI=1S/C27H32ClN7O3S/c1-26(2,37)16-13-35(14-16)25-22(28)20(4-8-31-25)39-21-12-32-24(18(15-36)33-21)34-9-5-27(6-10-34)23(29)17-11-30-7-3-19(17)38-27/h3-4,7-8,11-12,16,23,36-37H,5-6,9-10,13-15,29H2,1-2H3/t23-/m1/s1. The quantitative estimate of drug-likeness (QED) is 0.404. The minimum Gasteiger partial charge on any atom is -0.485 e. The second-order valence-corrected chi connectivity index (χ2v) is 12.4. The van der Waals surface area contributed by atoms with Gasteiger partial charge in [0, 0.05) is 74.0 Å². The van der Waals surface area contributed by atoms with Gasteiger partial charge in [0.15, 0.2) is 5.82 Å². The highest BCUT2D eigenvalue weighted by atomic mass is 35.5. The fourth-order valence-electron chi connectivity index (χ4n) is 5.54. The molecule has 206 valence electrons. The first-order valence-electron chi connectivity index (χ1n) is 13.1. The number of pyridine rings is 2. The normalized spacial score (nSPS) is 20.6. The predicted octanol–water partition coefficient (Wildman–Crippen LogP) is 3.20. The van der Waals surface area contributed by atoms with Gasteiger partial charge in [-0.1, -0.05) is 23.4 Å². The zero-order valence-electron chi connectivity index (χ0n) is 21.9. The number of nitrogens with two attached hydrogens (primary N) is 1. The third-order valence-corrected chi connectivity index (χ3v) is 9.57. The Kier molecular flexibility index (Phi) is 6.83. The Morgan fingerprint density at radius 2 is 1.90 bits per heavy atom. The first-order valence-corrected chi connectivity index (χ1v) is 14.3. The Morgan fingerprint density at radius 1 is 1.13 bits per heavy atom. The first kappa shape index (κ1) is 26.5. The molecule has 1 atom stereocenters. The molecular formula is C27H32ClN7O3S. The van der Waals surface area contributed by atoms with Crippen LogP contribution in [0.3, 0.4) is 0 Å². The number of aliphatic hydroxyl groups excluding tert-OH is 1. The summed E-state index contributed by atoms with van der Waals surface area (Å²) in [7, 11) is 0. The molecule has 4 N–H and O–H groups in total. The third-order valence-electron chi connectivity index (χ3n) is 8.11. The molecule has 0 amide bonds. The maximum atomic E-state index is 10.3. The number of anilines is 2. The molecule has 3 aliphatic rings. The van der Waals surface area contributed by atoms with Gasteiger partial charge in [0.25, 0.3) is 0 Å². The number of hydrogen-bond acceptors (Lipinski definition) is 11. The summed E-state index contributed by atoms with van der Waals surface area (Å²) < 4.78 is 6.33. The van der Waals surface area contributed by atoms with Crippen molar-refractivity contribution < 1.29 is 14.9 Å². The highest BCUT2D eigenvalue weighted by Crippen LogP contribution is 2.47. The molecule has 3 aliphatic heterocycles. The largest absolute Gasteiger partial charge is 0.485 e. The average molecular weight is 570 g/mol. The van der Waals surface area contributed by atoms with Crippen molar-refractivity contribution in [2.24, 2.45) is 11.7 Å². The highest BCUT2D eigenvalue weighted by Gasteiger charge is 2.49. The fourth-order valence-corrected chi connectivity index (χ4v) is 6.69. The predicted molar refractivity (Wildman–Crippen MR) is 149 cm³/mol. The molecule has 6 rings (SSSR count). The van der Waals surface area contributed by atoms with Gasteiger partial charge in [-0.15, -0.1) is 0 Å². The minimum absolute atomic E-state index is 0.171. The van der Waals surface area contributed by atoms with Crippen LogP contribution in [0.2, 0.25) is 5.02 Å². The summed E-state index contributed by atoms with van der Waals surface area (Å²) >= 11 is 8.13. The molecule has 2 saturated heterocycles. The van der Waals surface area contributed by atoms with Crippen molar-refractivity contribution >= 4 is 35.0 Å². The van der Waals surface area contributed by atoms with Crippen molar-refractivity contribution in [2.45, 2.75) is 60.5 Å². The van der Waals surface area contributed by atoms with Crippen LogP contribution >= 0.6 is 23.4 Å². The lowest BCUT2D eigenvalue weighted by molar-refractivity contribution is 0.00437. The number of aromatic nitrogens is 4. The molecule has 0 unspecified atom stereocenters. The second-order valence-electron chi connectivity index (χ2n) is 11.0. The van der Waals surface area contributed by atoms with Crippen LogP contribution in [0.1, 0.15) is 44.0 Å². The zero-order valence-corrected chi connectivity index (χ0v) is 23.5. The second kappa shape index (κ2) is 10.0. The van der Waals surface area contributed by atoms with Crippen LogP contribution in [0.5, 0.6) is 5.75 Å². The SMILES string of the molecule is CC(C)(O)C1CN(c2nccc(Sc3cnc(N4CCC5(CC4)Oc4ccncc4[C@H]5N)c(CO)n3)c2Cl)C1. The van der Waals surface area contributed by atoms with Crippen LogP contribution < -0.4 is 20.3 Å². The van der Waals surface area contributed by atoms with Crippen LogP contribution in [0.15, 0.2) is 46.8 Å². The number of halogens is 1. The molecule has 0 bridgehead atoms. The number of aliphatic hydroxyl groups is 2. The Balaban J connectivity index is 1.14. The van der Waals surface area contributed by atoms with Crippen molar-refractivity contribution in [3.8, 4) is 5.75 Å². The molecular weight excluding hydrogens is 538 g/mol. The maximum Gasteiger partial charge on any atom is 0.152 e. The average Bonchev–Trinajstić information content (AvgIpc) is 3.16. The Morgan fingerprint density at radius 3 is 2.59 bits per heavy atom. The van der Waals surface area contributed by atoms with Crippen LogP contribution in [-0.2, 0) is 6.61 Å². The van der Waals surface area contributed by atoms with Crippen molar-refractivity contribution in [3.63, 3.8) is 0 Å². The lowest BCUT2D eigenvalue weighted by Crippen LogP contribution is -2.56. The Bertz CT molecular complexity index is 1370. The maximum absolute atomic E-state index is 10.3. The zero-order chi connectivity index (χ0) is 27.4. The van der Waals surface area contributed by atoms with Crippen molar-refractivity contribution in [2.75, 3.05) is 36.0 Å². The van der Waals surface area contributed by atoms with E-state index in [2.05, 4.69) is 19.8 Å². The molecule has 3 aromatic rings. The number of piperidine rings is 1. The summed E-state index contributed by atoms with van der Waals surface area (Å²) in [6, 6.07) is 3.49. The van der Waals surface area contributed by atoms with Gasteiger partial charge in [0.05, 0.1) is 29.5 Å². The lowest BCUT2D eigenvalue weighted by atomic mass is 9.83. The van der Waals surface area contributed by atoms with Crippen LogP contribution in [0.25, 0.3) is 0 Å². The molecule has 1 spiro atoms. The van der Waals surface area contributed by atoms with Gasteiger partial charge in [0.2, 0.25) is 0 Å². The smallest absolute Gasteiger partial charge is 0.152 e. The van der Waals surface area contributed by atoms with Gasteiger partial charge >= 0.3 is 0 Å². The van der Waals surface area contributed by atoms with E-state index in [0.29, 0.717) is 53.6 Å². The molecule has 3 aromatic heterocycles. The Labute approximate surface area is 236 Å². The van der Waals surface area contributed by atoms with E-state index in [-0.39, 0.29) is 18.6 Å². The molecule has 0 saturated carbocycles. The van der Waals surface area contributed by atoms with E-state index in [9.17, 15) is 10.2 Å². The van der Waals surface area contributed by atoms with Gasteiger partial charge in [-0.05, 0) is 26.0 Å². The fraction of sp³-hybridized carbons (Fsp3) is 0.481. The van der Waals surface area contributed by atoms with E-state index >= 15 is 0 Å². The number of fused-ring (bicyclic) bond motifs is 1. The monoisotopic (exact) mass is 569 g/mol. The summed E-state index contributed by atoms with van der Waals surface area (Å²) in [5.74, 6) is 2.35. The molecule has 6 heterocycles. The van der Waals surface area contributed by atoms with Crippen molar-refractivity contribution in [3.05, 3.63) is 53.2 Å². The lowest BCUT2D eigenvalue weighted by Gasteiger charge is -2.46. The van der Waals surface area contributed by atoms with E-state index in [1.807, 2.05) is 26.0 Å². The van der Waals surface area contributed by atoms with Gasteiger partial charge in [-0.25, -0.2) is 15.0 Å². The molecule has 10 nitrogen and oxygen atoms in total. The topological polar surface area (TPSA) is 134 Å². The summed E-state index contributed by atoms with van der Waals surface area (Å²) in [6.45, 7) is 6.19. The van der Waals surface area contributed by atoms with Gasteiger partial charge in [0.1, 0.15) is 27.9 Å². The van der Waals surface area contributed by atoms with E-state index < -0.39 is 11.2 Å². The van der Waals surface area contributed by atoms with E-state index in [4.69, 9.17) is 32.0 Å². The Hall–Kier alpha value is -2.70. The minimum atomic E-state index is -0.735. The van der Waals surface area contributed by atoms with Crippen LogP contribution in [0, 0.1) is 5.92 Å². The summed E-state index contributed by atoms with van der Waals surface area (Å²) in [5.41, 5.74) is 6.86. The summed E-state index contributed by atoms with van der Waals surface area (Å²) in [4.78, 5) is 23.1. The van der Waals surface area contributed by atoms with Crippen molar-refractivity contribution in [1.29, 1.82) is 0 Å². The number of ether oxygens (including phenoxy) is 1. The van der Waals surface area contributed by atoms with Gasteiger partial charge in [-0.2, -0.15) is 0 Å². The number of rotatable bonds is 6. The molecule has 2 fully saturated rings. The first-order chi connectivity index (χ1) is 18.7. The summed E-state index contributed by atoms with van der Waals surface area (Å²) in [5, 5.41) is 21.6. The third kappa shape index (κ3) is 4.80. The van der Waals surface area contributed by atoms with Crippen LogP contribution in [0.4, 0.5) is 11.6 Å². The highest BCUT2D eigenvalue weighted by molar-refractivity contribution is 7.99. The summed E-state index contributed by atoms with van der Waals surface area (Å²) in [6.07, 6.45) is 8.41. The number of nitrogens with zero attached hydrogens (tertiary/aromatic N) is 6. The van der Waals surface area contributed by atoms with Crippen molar-refractivity contribution in [1.82, 2.24) is 19.9 Å². The van der Waals surface area contributed by atoms with Crippen LogP contribution in [-0.4, -0.2) is 67.5 Å². The van der Waals surface area contributed by atoms with E-state index in [1.165, 1.54) is 11.8 Å². The molecule has 0 aliphatic carbocycles. The molecule has 0 aromatic carbocycles. The number of hydrogen-bond donors (Lipinski definition) is 3. The van der Waals surface area contributed by atoms with Gasteiger partial charge < -0.3 is 30.5 Å². The van der Waals surface area contributed by atoms with E-state index in [1.54, 1.807) is 24.8 Å². The molecule has 12 heteroatoms. The molecule has 0 radical (unpaired) electrons. The van der Waals surface area contributed by atoms with Gasteiger partial charge in [-0.3, -0.25) is 4.98 Å². The molecule has 39 heavy (non-hydrogen) atoms. The van der Waals surface area contributed by atoms with E-state index in [0.717, 1.165) is 29.1 Å².